The first-order chi connectivity index (χ1) is 12.6. The second-order valence-corrected chi connectivity index (χ2v) is 7.11. The Balaban J connectivity index is 1.70. The van der Waals surface area contributed by atoms with Crippen LogP contribution >= 0.6 is 15.9 Å². The lowest BCUT2D eigenvalue weighted by Gasteiger charge is -2.33. The molecule has 2 atom stereocenters. The first kappa shape index (κ1) is 18.7. The first-order valence-electron chi connectivity index (χ1n) is 8.44. The quantitative estimate of drug-likeness (QED) is 0.701. The number of anilines is 1. The van der Waals surface area contributed by atoms with Gasteiger partial charge in [-0.3, -0.25) is 0 Å². The van der Waals surface area contributed by atoms with Crippen LogP contribution in [0.4, 0.5) is 14.9 Å². The standard InChI is InChI=1S/C19H21BrFN3O2/c1-26-14-6-7-15(17(21)10-14)16-11-22-9-8-18(16)24-19(25)23-13-4-2-12(20)3-5-13/h2-7,10,16,18,22H,8-9,11H2,1H3,(H2,23,24,25). The Morgan fingerprint density at radius 2 is 2.04 bits per heavy atom. The summed E-state index contributed by atoms with van der Waals surface area (Å²) < 4.78 is 20.5. The van der Waals surface area contributed by atoms with Crippen molar-refractivity contribution in [2.75, 3.05) is 25.5 Å². The number of methoxy groups -OCH3 is 1. The molecular formula is C19H21BrFN3O2. The summed E-state index contributed by atoms with van der Waals surface area (Å²) in [7, 11) is 1.51. The fourth-order valence-corrected chi connectivity index (χ4v) is 3.43. The van der Waals surface area contributed by atoms with Crippen molar-refractivity contribution in [1.29, 1.82) is 0 Å². The van der Waals surface area contributed by atoms with Crippen LogP contribution in [0.15, 0.2) is 46.9 Å². The molecule has 2 unspecified atom stereocenters. The van der Waals surface area contributed by atoms with Gasteiger partial charge in [0.15, 0.2) is 0 Å². The summed E-state index contributed by atoms with van der Waals surface area (Å²) in [6.45, 7) is 1.38. The van der Waals surface area contributed by atoms with E-state index >= 15 is 0 Å². The van der Waals surface area contributed by atoms with Crippen molar-refractivity contribution in [3.63, 3.8) is 0 Å². The van der Waals surface area contributed by atoms with Crippen molar-refractivity contribution in [2.45, 2.75) is 18.4 Å². The van der Waals surface area contributed by atoms with E-state index in [0.717, 1.165) is 17.4 Å². The summed E-state index contributed by atoms with van der Waals surface area (Å²) in [5, 5.41) is 9.08. The number of nitrogens with one attached hydrogen (secondary N) is 3. The van der Waals surface area contributed by atoms with Gasteiger partial charge in [0.1, 0.15) is 11.6 Å². The number of hydrogen-bond donors (Lipinski definition) is 3. The van der Waals surface area contributed by atoms with Crippen LogP contribution in [0.25, 0.3) is 0 Å². The van der Waals surface area contributed by atoms with Gasteiger partial charge in [-0.1, -0.05) is 22.0 Å². The molecular weight excluding hydrogens is 401 g/mol. The van der Waals surface area contributed by atoms with Crippen molar-refractivity contribution in [2.24, 2.45) is 0 Å². The van der Waals surface area contributed by atoms with Gasteiger partial charge in [-0.15, -0.1) is 0 Å². The van der Waals surface area contributed by atoms with E-state index in [2.05, 4.69) is 31.9 Å². The highest BCUT2D eigenvalue weighted by Gasteiger charge is 2.29. The summed E-state index contributed by atoms with van der Waals surface area (Å²) in [6.07, 6.45) is 0.726. The highest BCUT2D eigenvalue weighted by Crippen LogP contribution is 2.28. The van der Waals surface area contributed by atoms with Crippen molar-refractivity contribution in [3.05, 3.63) is 58.3 Å². The predicted octanol–water partition coefficient (Wildman–Crippen LogP) is 3.86. The number of halogens is 2. The van der Waals surface area contributed by atoms with E-state index in [1.54, 1.807) is 12.1 Å². The lowest BCUT2D eigenvalue weighted by atomic mass is 9.86. The van der Waals surface area contributed by atoms with Crippen LogP contribution < -0.4 is 20.7 Å². The first-order valence-corrected chi connectivity index (χ1v) is 9.23. The Hall–Kier alpha value is -2.12. The molecule has 1 heterocycles. The third-order valence-corrected chi connectivity index (χ3v) is 5.04. The highest BCUT2D eigenvalue weighted by atomic mass is 79.9. The van der Waals surface area contributed by atoms with Crippen molar-refractivity contribution in [1.82, 2.24) is 10.6 Å². The van der Waals surface area contributed by atoms with Gasteiger partial charge < -0.3 is 20.7 Å². The smallest absolute Gasteiger partial charge is 0.319 e. The molecule has 0 radical (unpaired) electrons. The van der Waals surface area contributed by atoms with Gasteiger partial charge in [0.25, 0.3) is 0 Å². The number of benzene rings is 2. The van der Waals surface area contributed by atoms with Gasteiger partial charge in [0.05, 0.1) is 7.11 Å². The Morgan fingerprint density at radius 1 is 1.27 bits per heavy atom. The zero-order valence-corrected chi connectivity index (χ0v) is 16.0. The molecule has 7 heteroatoms. The van der Waals surface area contributed by atoms with Gasteiger partial charge in [0, 0.05) is 34.7 Å². The van der Waals surface area contributed by atoms with Crippen LogP contribution in [0.2, 0.25) is 0 Å². The monoisotopic (exact) mass is 421 g/mol. The van der Waals surface area contributed by atoms with Gasteiger partial charge >= 0.3 is 6.03 Å². The number of piperidine rings is 1. The molecule has 2 aromatic carbocycles. The van der Waals surface area contributed by atoms with E-state index in [0.29, 0.717) is 23.5 Å². The van der Waals surface area contributed by atoms with E-state index < -0.39 is 0 Å². The summed E-state index contributed by atoms with van der Waals surface area (Å²) in [5.74, 6) is 0.0102. The lowest BCUT2D eigenvalue weighted by Crippen LogP contribution is -2.49. The molecule has 1 aliphatic rings. The maximum atomic E-state index is 14.5. The fraction of sp³-hybridized carbons (Fsp3) is 0.316. The molecule has 2 aromatic rings. The number of rotatable bonds is 4. The molecule has 0 aromatic heterocycles. The molecule has 0 saturated carbocycles. The predicted molar refractivity (Wildman–Crippen MR) is 103 cm³/mol. The number of carbonyl (C=O) groups is 1. The van der Waals surface area contributed by atoms with Gasteiger partial charge in [-0.2, -0.15) is 0 Å². The minimum Gasteiger partial charge on any atom is -0.497 e. The Morgan fingerprint density at radius 3 is 2.73 bits per heavy atom. The molecule has 26 heavy (non-hydrogen) atoms. The summed E-state index contributed by atoms with van der Waals surface area (Å²) >= 11 is 3.36. The third kappa shape index (κ3) is 4.53. The molecule has 5 nitrogen and oxygen atoms in total. The third-order valence-electron chi connectivity index (χ3n) is 4.51. The number of amides is 2. The molecule has 0 bridgehead atoms. The average molecular weight is 422 g/mol. The normalized spacial score (nSPS) is 19.7. The van der Waals surface area contributed by atoms with Crippen LogP contribution in [-0.2, 0) is 0 Å². The van der Waals surface area contributed by atoms with Crippen molar-refractivity contribution >= 4 is 27.6 Å². The number of ether oxygens (including phenoxy) is 1. The van der Waals surface area contributed by atoms with Gasteiger partial charge in [-0.05, 0) is 48.9 Å². The minimum absolute atomic E-state index is 0.148. The maximum Gasteiger partial charge on any atom is 0.319 e. The largest absolute Gasteiger partial charge is 0.497 e. The molecule has 2 amide bonds. The van der Waals surface area contributed by atoms with Crippen LogP contribution in [0.3, 0.4) is 0 Å². The van der Waals surface area contributed by atoms with E-state index in [1.807, 2.05) is 24.3 Å². The maximum absolute atomic E-state index is 14.5. The van der Waals surface area contributed by atoms with Crippen LogP contribution in [0.5, 0.6) is 5.75 Å². The topological polar surface area (TPSA) is 62.4 Å². The van der Waals surface area contributed by atoms with Crippen molar-refractivity contribution in [3.8, 4) is 5.75 Å². The Labute approximate surface area is 160 Å². The SMILES string of the molecule is COc1ccc(C2CNCCC2NC(=O)Nc2ccc(Br)cc2)c(F)c1. The average Bonchev–Trinajstić information content (AvgIpc) is 2.64. The minimum atomic E-state index is -0.321. The van der Waals surface area contributed by atoms with Crippen LogP contribution in [0.1, 0.15) is 17.9 Å². The summed E-state index contributed by atoms with van der Waals surface area (Å²) in [5.41, 5.74) is 1.28. The second-order valence-electron chi connectivity index (χ2n) is 6.20. The van der Waals surface area contributed by atoms with Gasteiger partial charge in [0.2, 0.25) is 0 Å². The summed E-state index contributed by atoms with van der Waals surface area (Å²) in [4.78, 5) is 12.4. The molecule has 0 aliphatic carbocycles. The van der Waals surface area contributed by atoms with Crippen molar-refractivity contribution < 1.29 is 13.9 Å². The number of hydrogen-bond acceptors (Lipinski definition) is 3. The van der Waals surface area contributed by atoms with E-state index in [9.17, 15) is 9.18 Å². The molecule has 1 saturated heterocycles. The zero-order chi connectivity index (χ0) is 18.5. The molecule has 3 N–H and O–H groups in total. The van der Waals surface area contributed by atoms with E-state index in [1.165, 1.54) is 13.2 Å². The molecule has 138 valence electrons. The van der Waals surface area contributed by atoms with E-state index in [4.69, 9.17) is 4.74 Å². The van der Waals surface area contributed by atoms with Crippen LogP contribution in [0, 0.1) is 5.82 Å². The van der Waals surface area contributed by atoms with E-state index in [-0.39, 0.29) is 23.8 Å². The fourth-order valence-electron chi connectivity index (χ4n) is 3.16. The lowest BCUT2D eigenvalue weighted by molar-refractivity contribution is 0.241. The zero-order valence-electron chi connectivity index (χ0n) is 14.4. The number of urea groups is 1. The van der Waals surface area contributed by atoms with Crippen LogP contribution in [-0.4, -0.2) is 32.3 Å². The molecule has 0 spiro atoms. The Bertz CT molecular complexity index is 770. The molecule has 3 rings (SSSR count). The Kier molecular flexibility index (Phi) is 6.11. The summed E-state index contributed by atoms with van der Waals surface area (Å²) in [6, 6.07) is 11.7. The number of carbonyl (C=O) groups excluding carboxylic acids is 1. The van der Waals surface area contributed by atoms with Gasteiger partial charge in [-0.25, -0.2) is 9.18 Å². The molecule has 1 aliphatic heterocycles. The highest BCUT2D eigenvalue weighted by molar-refractivity contribution is 9.10. The molecule has 1 fully saturated rings. The second kappa shape index (κ2) is 8.51.